The fraction of sp³-hybridized carbons (Fsp3) is 0.458. The van der Waals surface area contributed by atoms with Crippen LogP contribution in [-0.2, 0) is 0 Å². The van der Waals surface area contributed by atoms with Crippen molar-refractivity contribution in [3.05, 3.63) is 41.2 Å². The Kier molecular flexibility index (Phi) is 5.18. The second-order valence-corrected chi connectivity index (χ2v) is 10.2. The number of hydrogen-bond donors (Lipinski definition) is 2. The Morgan fingerprint density at radius 1 is 1.21 bits per heavy atom. The van der Waals surface area contributed by atoms with Gasteiger partial charge in [-0.3, -0.25) is 4.79 Å². The first-order valence-corrected chi connectivity index (χ1v) is 12.4. The van der Waals surface area contributed by atoms with E-state index in [-0.39, 0.29) is 24.1 Å². The van der Waals surface area contributed by atoms with Crippen molar-refractivity contribution in [1.82, 2.24) is 19.5 Å². The van der Waals surface area contributed by atoms with Crippen molar-refractivity contribution in [2.24, 2.45) is 5.92 Å². The van der Waals surface area contributed by atoms with Gasteiger partial charge in [-0.2, -0.15) is 0 Å². The number of hydrogen-bond acceptors (Lipinski definition) is 6. The third-order valence-corrected chi connectivity index (χ3v) is 8.44. The van der Waals surface area contributed by atoms with E-state index in [1.807, 2.05) is 22.8 Å². The van der Waals surface area contributed by atoms with Crippen LogP contribution in [0.4, 0.5) is 9.39 Å². The Labute approximate surface area is 193 Å². The summed E-state index contributed by atoms with van der Waals surface area (Å²) in [6.45, 7) is 1.69. The van der Waals surface area contributed by atoms with Gasteiger partial charge < -0.3 is 19.6 Å². The third-order valence-electron chi connectivity index (χ3n) is 7.15. The minimum atomic E-state index is -0.834. The zero-order valence-corrected chi connectivity index (χ0v) is 19.0. The number of fused-ring (bicyclic) bond motifs is 2. The molecular weight excluding hydrogens is 441 g/mol. The number of aliphatic hydroxyl groups excluding tert-OH is 1. The molecule has 0 amide bonds. The lowest BCUT2D eigenvalue weighted by Gasteiger charge is -2.27. The molecule has 1 unspecified atom stereocenters. The highest BCUT2D eigenvalue weighted by molar-refractivity contribution is 7.21. The molecule has 1 aliphatic heterocycles. The van der Waals surface area contributed by atoms with Crippen LogP contribution in [0.2, 0.25) is 0 Å². The zero-order chi connectivity index (χ0) is 22.5. The van der Waals surface area contributed by atoms with Gasteiger partial charge in [-0.25, -0.2) is 14.4 Å². The molecule has 9 heteroatoms. The highest BCUT2D eigenvalue weighted by Gasteiger charge is 2.29. The minimum absolute atomic E-state index is 0.151. The normalized spacial score (nSPS) is 23.7. The predicted octanol–water partition coefficient (Wildman–Crippen LogP) is 4.27. The van der Waals surface area contributed by atoms with Gasteiger partial charge in [0.2, 0.25) is 0 Å². The molecule has 1 aromatic carbocycles. The molecule has 172 valence electrons. The predicted molar refractivity (Wildman–Crippen MR) is 129 cm³/mol. The van der Waals surface area contributed by atoms with Crippen molar-refractivity contribution < 1.29 is 9.50 Å². The number of imidazole rings is 1. The first-order chi connectivity index (χ1) is 16.1. The average molecular weight is 468 g/mol. The highest BCUT2D eigenvalue weighted by Crippen LogP contribution is 2.43. The van der Waals surface area contributed by atoms with Crippen molar-refractivity contribution >= 4 is 38.3 Å². The number of benzene rings is 1. The Balaban J connectivity index is 1.44. The molecule has 4 aromatic rings. The van der Waals surface area contributed by atoms with E-state index in [1.54, 1.807) is 17.7 Å². The summed E-state index contributed by atoms with van der Waals surface area (Å²) in [4.78, 5) is 27.7. The first kappa shape index (κ1) is 20.8. The van der Waals surface area contributed by atoms with E-state index in [4.69, 9.17) is 0 Å². The fourth-order valence-corrected chi connectivity index (χ4v) is 6.64. The molecule has 0 bridgehead atoms. The van der Waals surface area contributed by atoms with Crippen molar-refractivity contribution in [3.63, 3.8) is 0 Å². The van der Waals surface area contributed by atoms with Crippen LogP contribution in [0.5, 0.6) is 0 Å². The van der Waals surface area contributed by atoms with E-state index in [9.17, 15) is 14.3 Å². The second-order valence-electron chi connectivity index (χ2n) is 9.20. The van der Waals surface area contributed by atoms with Gasteiger partial charge in [0.05, 0.1) is 40.1 Å². The van der Waals surface area contributed by atoms with Crippen LogP contribution in [0.3, 0.4) is 0 Å². The Morgan fingerprint density at radius 2 is 2.09 bits per heavy atom. The maximum Gasteiger partial charge on any atom is 0.261 e. The van der Waals surface area contributed by atoms with Crippen molar-refractivity contribution in [2.45, 2.75) is 44.3 Å². The Bertz CT molecular complexity index is 1380. The summed E-state index contributed by atoms with van der Waals surface area (Å²) in [7, 11) is 0. The topological polar surface area (TPSA) is 87.0 Å². The SMILES string of the molecule is O=c1[nH]cnc2c(-c3ccc4c(c3)ncn4C3CCCC[C@H]3F)sc(N3CC[C@H](CO)C3)c12. The van der Waals surface area contributed by atoms with Crippen LogP contribution in [0, 0.1) is 5.92 Å². The molecule has 0 radical (unpaired) electrons. The molecule has 0 spiro atoms. The standard InChI is InChI=1S/C24H26FN5O2S/c25-16-3-1-2-4-18(16)30-13-28-17-9-15(5-6-19(17)30)22-21-20(23(32)27-12-26-21)24(33-22)29-8-7-14(10-29)11-31/h5-6,9,12-14,16,18,31H,1-4,7-8,10-11H2,(H,26,27,32)/t14-,16+,18?/m0/s1. The van der Waals surface area contributed by atoms with Gasteiger partial charge in [-0.05, 0) is 37.0 Å². The summed E-state index contributed by atoms with van der Waals surface area (Å²) in [5, 5.41) is 11.1. The summed E-state index contributed by atoms with van der Waals surface area (Å²) < 4.78 is 16.6. The molecule has 6 rings (SSSR count). The number of aromatic amines is 1. The van der Waals surface area contributed by atoms with Gasteiger partial charge in [0.1, 0.15) is 16.6 Å². The van der Waals surface area contributed by atoms with Crippen LogP contribution in [0.15, 0.2) is 35.6 Å². The maximum atomic E-state index is 14.6. The summed E-state index contributed by atoms with van der Waals surface area (Å²) >= 11 is 1.56. The van der Waals surface area contributed by atoms with Crippen molar-refractivity contribution in [3.8, 4) is 10.4 Å². The first-order valence-electron chi connectivity index (χ1n) is 11.6. The summed E-state index contributed by atoms with van der Waals surface area (Å²) in [5.74, 6) is 0.223. The van der Waals surface area contributed by atoms with E-state index in [1.165, 1.54) is 6.33 Å². The van der Waals surface area contributed by atoms with Gasteiger partial charge in [-0.1, -0.05) is 18.9 Å². The Hall–Kier alpha value is -2.78. The number of rotatable bonds is 4. The molecule has 2 N–H and O–H groups in total. The van der Waals surface area contributed by atoms with E-state index < -0.39 is 6.17 Å². The highest BCUT2D eigenvalue weighted by atomic mass is 32.1. The van der Waals surface area contributed by atoms with Gasteiger partial charge >= 0.3 is 0 Å². The van der Waals surface area contributed by atoms with Gasteiger partial charge in [0.15, 0.2) is 0 Å². The lowest BCUT2D eigenvalue weighted by Crippen LogP contribution is -2.23. The largest absolute Gasteiger partial charge is 0.396 e. The maximum absolute atomic E-state index is 14.6. The molecule has 2 aliphatic rings. The number of nitrogens with zero attached hydrogens (tertiary/aromatic N) is 4. The molecule has 3 atom stereocenters. The number of nitrogens with one attached hydrogen (secondary N) is 1. The summed E-state index contributed by atoms with van der Waals surface area (Å²) in [6, 6.07) is 5.89. The quantitative estimate of drug-likeness (QED) is 0.468. The molecule has 7 nitrogen and oxygen atoms in total. The lowest BCUT2D eigenvalue weighted by molar-refractivity contribution is 0.173. The number of anilines is 1. The smallest absolute Gasteiger partial charge is 0.261 e. The van der Waals surface area contributed by atoms with E-state index in [2.05, 4.69) is 19.9 Å². The summed E-state index contributed by atoms with van der Waals surface area (Å²) in [5.41, 5.74) is 3.23. The number of halogens is 1. The fourth-order valence-electron chi connectivity index (χ4n) is 5.37. The summed E-state index contributed by atoms with van der Waals surface area (Å²) in [6.07, 6.45) is 6.72. The van der Waals surface area contributed by atoms with Crippen LogP contribution in [0.25, 0.3) is 32.4 Å². The van der Waals surface area contributed by atoms with Crippen LogP contribution < -0.4 is 10.5 Å². The minimum Gasteiger partial charge on any atom is -0.396 e. The van der Waals surface area contributed by atoms with Gasteiger partial charge in [0, 0.05) is 25.6 Å². The molecule has 1 aliphatic carbocycles. The van der Waals surface area contributed by atoms with E-state index >= 15 is 0 Å². The zero-order valence-electron chi connectivity index (χ0n) is 18.2. The number of thiophene rings is 1. The third kappa shape index (κ3) is 3.45. The van der Waals surface area contributed by atoms with Crippen LogP contribution >= 0.6 is 11.3 Å². The monoisotopic (exact) mass is 467 g/mol. The van der Waals surface area contributed by atoms with Crippen LogP contribution in [-0.4, -0.2) is 50.5 Å². The van der Waals surface area contributed by atoms with Crippen molar-refractivity contribution in [1.29, 1.82) is 0 Å². The number of aromatic nitrogens is 4. The molecule has 3 aromatic heterocycles. The Morgan fingerprint density at radius 3 is 2.91 bits per heavy atom. The molecule has 33 heavy (non-hydrogen) atoms. The van der Waals surface area contributed by atoms with Crippen molar-refractivity contribution in [2.75, 3.05) is 24.6 Å². The molecular formula is C24H26FN5O2S. The van der Waals surface area contributed by atoms with Gasteiger partial charge in [-0.15, -0.1) is 11.3 Å². The molecule has 1 saturated heterocycles. The van der Waals surface area contributed by atoms with E-state index in [0.29, 0.717) is 17.3 Å². The lowest BCUT2D eigenvalue weighted by atomic mass is 9.93. The molecule has 1 saturated carbocycles. The number of aliphatic hydroxyl groups is 1. The number of H-pyrrole nitrogens is 1. The average Bonchev–Trinajstić information content (AvgIpc) is 3.56. The van der Waals surface area contributed by atoms with Gasteiger partial charge in [0.25, 0.3) is 5.56 Å². The van der Waals surface area contributed by atoms with E-state index in [0.717, 1.165) is 65.2 Å². The number of alkyl halides is 1. The molecule has 4 heterocycles. The van der Waals surface area contributed by atoms with Crippen LogP contribution in [0.1, 0.15) is 38.1 Å². The molecule has 2 fully saturated rings. The second kappa shape index (κ2) is 8.22.